The van der Waals surface area contributed by atoms with Crippen LogP contribution in [0.1, 0.15) is 106 Å². The van der Waals surface area contributed by atoms with Crippen molar-refractivity contribution in [2.75, 3.05) is 0 Å². The Balaban J connectivity index is 1.58. The predicted molar refractivity (Wildman–Crippen MR) is 132 cm³/mol. The first kappa shape index (κ1) is 23.4. The highest BCUT2D eigenvalue weighted by atomic mass is 16.3. The maximum Gasteiger partial charge on any atom is 0.0595 e. The molecule has 0 amide bonds. The minimum Gasteiger partial charge on any atom is -0.393 e. The first-order chi connectivity index (χ1) is 14.7. The maximum atomic E-state index is 11.8. The van der Waals surface area contributed by atoms with Gasteiger partial charge in [-0.25, -0.2) is 0 Å². The zero-order valence-electron chi connectivity index (χ0n) is 22.0. The Morgan fingerprint density at radius 2 is 1.50 bits per heavy atom. The molecule has 0 saturated heterocycles. The van der Waals surface area contributed by atoms with Gasteiger partial charge in [0.1, 0.15) is 0 Å². The van der Waals surface area contributed by atoms with Crippen molar-refractivity contribution in [3.8, 4) is 0 Å². The van der Waals surface area contributed by atoms with Crippen LogP contribution in [0.5, 0.6) is 0 Å². The van der Waals surface area contributed by atoms with Crippen molar-refractivity contribution in [2.24, 2.45) is 56.7 Å². The Hall–Kier alpha value is -0.340. The number of hydrogen-bond donors (Lipinski definition) is 2. The maximum absolute atomic E-state index is 11.8. The monoisotopic (exact) mass is 442 g/mol. The smallest absolute Gasteiger partial charge is 0.0595 e. The van der Waals surface area contributed by atoms with Gasteiger partial charge in [-0.15, -0.1) is 0 Å². The van der Waals surface area contributed by atoms with Crippen LogP contribution in [0.15, 0.2) is 12.2 Å². The highest BCUT2D eigenvalue weighted by molar-refractivity contribution is 5.22. The Labute approximate surface area is 197 Å². The van der Waals surface area contributed by atoms with Crippen LogP contribution in [0.4, 0.5) is 0 Å². The van der Waals surface area contributed by atoms with Crippen molar-refractivity contribution in [3.63, 3.8) is 0 Å². The summed E-state index contributed by atoms with van der Waals surface area (Å²) in [6.07, 6.45) is 10.3. The third kappa shape index (κ3) is 2.66. The van der Waals surface area contributed by atoms with Crippen LogP contribution in [0.25, 0.3) is 0 Å². The quantitative estimate of drug-likeness (QED) is 0.429. The molecule has 0 unspecified atom stereocenters. The van der Waals surface area contributed by atoms with Gasteiger partial charge < -0.3 is 10.2 Å². The molecule has 2 N–H and O–H groups in total. The summed E-state index contributed by atoms with van der Waals surface area (Å²) in [5, 5.41) is 22.7. The van der Waals surface area contributed by atoms with E-state index in [2.05, 4.69) is 55.0 Å². The lowest BCUT2D eigenvalue weighted by Crippen LogP contribution is -2.69. The molecule has 32 heavy (non-hydrogen) atoms. The molecule has 0 heterocycles. The lowest BCUT2D eigenvalue weighted by molar-refractivity contribution is -0.274. The molecule has 0 spiro atoms. The summed E-state index contributed by atoms with van der Waals surface area (Å²) in [5.41, 5.74) is 2.25. The second kappa shape index (κ2) is 6.87. The van der Waals surface area contributed by atoms with Crippen LogP contribution in [0.3, 0.4) is 0 Å². The molecule has 0 aromatic heterocycles. The van der Waals surface area contributed by atoms with Crippen molar-refractivity contribution in [1.29, 1.82) is 0 Å². The van der Waals surface area contributed by atoms with E-state index in [0.29, 0.717) is 17.3 Å². The molecule has 2 nitrogen and oxygen atoms in total. The number of fused-ring (bicyclic) bond motifs is 7. The zero-order chi connectivity index (χ0) is 23.5. The molecule has 0 aliphatic heterocycles. The van der Waals surface area contributed by atoms with Crippen LogP contribution in [-0.2, 0) is 0 Å². The van der Waals surface area contributed by atoms with E-state index in [-0.39, 0.29) is 39.8 Å². The second-order valence-electron chi connectivity index (χ2n) is 14.9. The van der Waals surface area contributed by atoms with E-state index in [1.807, 2.05) is 0 Å². The summed E-state index contributed by atoms with van der Waals surface area (Å²) in [7, 11) is 0. The van der Waals surface area contributed by atoms with Gasteiger partial charge in [0, 0.05) is 0 Å². The number of rotatable bonds is 1. The summed E-state index contributed by atoms with van der Waals surface area (Å²) in [4.78, 5) is 0. The van der Waals surface area contributed by atoms with Gasteiger partial charge in [0.05, 0.1) is 12.2 Å². The van der Waals surface area contributed by atoms with Crippen LogP contribution < -0.4 is 0 Å². The molecule has 11 atom stereocenters. The third-order valence-electron chi connectivity index (χ3n) is 13.3. The average molecular weight is 443 g/mol. The standard InChI is InChI=1S/C30H50O2/c1-18(2)19-11-13-27(5)15-16-29(7)20(24(19)27)9-10-22-28(6)14-12-23(32)26(3,4)25(28)21(31)17-30(22,29)8/h19-25,31-32H,1,9-17H2,2-8H3/t19-,20+,21-,22-,23-,24-,25-,27+,28+,29+,30+/m0/s1. The Morgan fingerprint density at radius 3 is 2.16 bits per heavy atom. The first-order valence-electron chi connectivity index (χ1n) is 13.7. The number of aliphatic hydroxyl groups excluding tert-OH is 2. The first-order valence-corrected chi connectivity index (χ1v) is 13.7. The Bertz CT molecular complexity index is 801. The number of allylic oxidation sites excluding steroid dienone is 1. The molecular weight excluding hydrogens is 392 g/mol. The van der Waals surface area contributed by atoms with Crippen LogP contribution in [0, 0.1) is 56.7 Å². The predicted octanol–water partition coefficient (Wildman–Crippen LogP) is 7.00. The molecule has 5 saturated carbocycles. The highest BCUT2D eigenvalue weighted by Gasteiger charge is 2.71. The van der Waals surface area contributed by atoms with E-state index in [9.17, 15) is 10.2 Å². The van der Waals surface area contributed by atoms with E-state index in [0.717, 1.165) is 31.1 Å². The van der Waals surface area contributed by atoms with E-state index < -0.39 is 0 Å². The van der Waals surface area contributed by atoms with E-state index in [1.165, 1.54) is 44.1 Å². The highest BCUT2D eigenvalue weighted by Crippen LogP contribution is 2.77. The van der Waals surface area contributed by atoms with Gasteiger partial charge in [-0.1, -0.05) is 53.7 Å². The summed E-state index contributed by atoms with van der Waals surface area (Å²) in [5.74, 6) is 3.04. The third-order valence-corrected chi connectivity index (χ3v) is 13.3. The summed E-state index contributed by atoms with van der Waals surface area (Å²) in [6, 6.07) is 0. The molecule has 0 aromatic carbocycles. The Morgan fingerprint density at radius 1 is 0.812 bits per heavy atom. The minimum absolute atomic E-state index is 0.118. The fraction of sp³-hybridized carbons (Fsp3) is 0.933. The SMILES string of the molecule is C=C(C)[C@@H]1CC[C@]2(C)CC[C@]3(C)[C@H](CC[C@H]4[C@@]5(C)CC[C@H](O)C(C)(C)[C@@H]5[C@@H](O)C[C@]43C)[C@H]12. The van der Waals surface area contributed by atoms with E-state index >= 15 is 0 Å². The van der Waals surface area contributed by atoms with Crippen molar-refractivity contribution in [2.45, 2.75) is 118 Å². The van der Waals surface area contributed by atoms with Gasteiger partial charge in [0.2, 0.25) is 0 Å². The molecule has 5 aliphatic carbocycles. The second-order valence-corrected chi connectivity index (χ2v) is 14.9. The van der Waals surface area contributed by atoms with Crippen LogP contribution >= 0.6 is 0 Å². The molecule has 5 rings (SSSR count). The van der Waals surface area contributed by atoms with E-state index in [4.69, 9.17) is 0 Å². The largest absolute Gasteiger partial charge is 0.393 e. The molecule has 2 heteroatoms. The lowest BCUT2D eigenvalue weighted by Gasteiger charge is -2.73. The zero-order valence-corrected chi connectivity index (χ0v) is 22.0. The summed E-state index contributed by atoms with van der Waals surface area (Å²) < 4.78 is 0. The van der Waals surface area contributed by atoms with Crippen LogP contribution in [-0.4, -0.2) is 22.4 Å². The van der Waals surface area contributed by atoms with E-state index in [1.54, 1.807) is 0 Å². The molecule has 0 aromatic rings. The average Bonchev–Trinajstić information content (AvgIpc) is 3.03. The van der Waals surface area contributed by atoms with Gasteiger partial charge in [-0.2, -0.15) is 0 Å². The molecular formula is C30H50O2. The van der Waals surface area contributed by atoms with Crippen molar-refractivity contribution in [3.05, 3.63) is 12.2 Å². The number of hydrogen-bond acceptors (Lipinski definition) is 2. The molecule has 0 bridgehead atoms. The summed E-state index contributed by atoms with van der Waals surface area (Å²) in [6.45, 7) is 21.5. The molecule has 182 valence electrons. The molecule has 0 radical (unpaired) electrons. The van der Waals surface area contributed by atoms with Crippen molar-refractivity contribution in [1.82, 2.24) is 0 Å². The molecule has 5 aliphatic rings. The van der Waals surface area contributed by atoms with Crippen LogP contribution in [0.2, 0.25) is 0 Å². The topological polar surface area (TPSA) is 40.5 Å². The minimum atomic E-state index is -0.310. The van der Waals surface area contributed by atoms with Crippen molar-refractivity contribution >= 4 is 0 Å². The van der Waals surface area contributed by atoms with Gasteiger partial charge >= 0.3 is 0 Å². The fourth-order valence-corrected chi connectivity index (χ4v) is 11.7. The Kier molecular flexibility index (Phi) is 5.02. The van der Waals surface area contributed by atoms with Gasteiger partial charge in [0.25, 0.3) is 0 Å². The van der Waals surface area contributed by atoms with Gasteiger partial charge in [-0.3, -0.25) is 0 Å². The molecule has 5 fully saturated rings. The van der Waals surface area contributed by atoms with Crippen molar-refractivity contribution < 1.29 is 10.2 Å². The normalized spacial score (nSPS) is 58.8. The van der Waals surface area contributed by atoms with Gasteiger partial charge in [-0.05, 0) is 121 Å². The number of aliphatic hydroxyl groups is 2. The fourth-order valence-electron chi connectivity index (χ4n) is 11.7. The lowest BCUT2D eigenvalue weighted by atomic mass is 9.32. The van der Waals surface area contributed by atoms with Gasteiger partial charge in [0.15, 0.2) is 0 Å². The summed E-state index contributed by atoms with van der Waals surface area (Å²) >= 11 is 0.